The monoisotopic (exact) mass is 366 g/mol. The van der Waals surface area contributed by atoms with E-state index in [-0.39, 0.29) is 5.91 Å². The summed E-state index contributed by atoms with van der Waals surface area (Å²) < 4.78 is 5.68. The van der Waals surface area contributed by atoms with E-state index in [2.05, 4.69) is 11.9 Å². The van der Waals surface area contributed by atoms with Gasteiger partial charge in [-0.3, -0.25) is 4.79 Å². The first-order valence-electron chi connectivity index (χ1n) is 8.21. The standard InChI is InChI=1S/C18H23ClN2O2S/c1-3-5-10-21(4-2)18(22)11-15-13-24-17(20-15)12-23-16-8-6-14(19)7-9-16/h6-9,13H,3-5,10-12H2,1-2H3. The van der Waals surface area contributed by atoms with Gasteiger partial charge in [-0.2, -0.15) is 0 Å². The molecule has 6 heteroatoms. The summed E-state index contributed by atoms with van der Waals surface area (Å²) in [4.78, 5) is 18.7. The van der Waals surface area contributed by atoms with Gasteiger partial charge in [0, 0.05) is 23.5 Å². The highest BCUT2D eigenvalue weighted by atomic mass is 35.5. The van der Waals surface area contributed by atoms with Crippen LogP contribution in [-0.2, 0) is 17.8 Å². The van der Waals surface area contributed by atoms with Gasteiger partial charge >= 0.3 is 0 Å². The molecule has 1 aromatic heterocycles. The molecule has 0 atom stereocenters. The van der Waals surface area contributed by atoms with Crippen molar-refractivity contribution in [1.82, 2.24) is 9.88 Å². The number of aromatic nitrogens is 1. The molecule has 0 bridgehead atoms. The topological polar surface area (TPSA) is 42.4 Å². The van der Waals surface area contributed by atoms with Crippen LogP contribution in [0.3, 0.4) is 0 Å². The fourth-order valence-corrected chi connectivity index (χ4v) is 3.08. The molecule has 1 amide bonds. The van der Waals surface area contributed by atoms with Crippen molar-refractivity contribution in [2.45, 2.75) is 39.7 Å². The summed E-state index contributed by atoms with van der Waals surface area (Å²) in [6, 6.07) is 7.23. The van der Waals surface area contributed by atoms with Crippen molar-refractivity contribution in [3.63, 3.8) is 0 Å². The minimum atomic E-state index is 0.140. The van der Waals surface area contributed by atoms with Crippen LogP contribution in [0.5, 0.6) is 5.75 Å². The summed E-state index contributed by atoms with van der Waals surface area (Å²) >= 11 is 7.37. The molecule has 0 fully saturated rings. The van der Waals surface area contributed by atoms with Gasteiger partial charge in [0.05, 0.1) is 12.1 Å². The van der Waals surface area contributed by atoms with Crippen molar-refractivity contribution in [2.24, 2.45) is 0 Å². The van der Waals surface area contributed by atoms with Crippen LogP contribution in [0.1, 0.15) is 37.4 Å². The molecule has 1 aromatic carbocycles. The maximum Gasteiger partial charge on any atom is 0.228 e. The molecular formula is C18H23ClN2O2S. The molecule has 2 aromatic rings. The minimum absolute atomic E-state index is 0.140. The number of rotatable bonds is 9. The molecule has 0 radical (unpaired) electrons. The van der Waals surface area contributed by atoms with Crippen LogP contribution in [0.4, 0.5) is 0 Å². The number of carbonyl (C=O) groups excluding carboxylic acids is 1. The number of amides is 1. The van der Waals surface area contributed by atoms with Crippen molar-refractivity contribution in [3.05, 3.63) is 45.4 Å². The Bertz CT molecular complexity index is 643. The first-order valence-corrected chi connectivity index (χ1v) is 9.47. The van der Waals surface area contributed by atoms with E-state index in [1.165, 1.54) is 11.3 Å². The molecule has 2 rings (SSSR count). The van der Waals surface area contributed by atoms with E-state index in [0.29, 0.717) is 18.1 Å². The third kappa shape index (κ3) is 5.80. The molecule has 0 aliphatic carbocycles. The molecule has 0 N–H and O–H groups in total. The Morgan fingerprint density at radius 3 is 2.71 bits per heavy atom. The van der Waals surface area contributed by atoms with Gasteiger partial charge < -0.3 is 9.64 Å². The summed E-state index contributed by atoms with van der Waals surface area (Å²) in [5.41, 5.74) is 0.814. The first kappa shape index (κ1) is 18.7. The van der Waals surface area contributed by atoms with Crippen LogP contribution >= 0.6 is 22.9 Å². The molecule has 0 spiro atoms. The first-order chi connectivity index (χ1) is 11.6. The molecule has 1 heterocycles. The maximum absolute atomic E-state index is 12.3. The van der Waals surface area contributed by atoms with Gasteiger partial charge in [-0.1, -0.05) is 24.9 Å². The fraction of sp³-hybridized carbons (Fsp3) is 0.444. The van der Waals surface area contributed by atoms with E-state index in [9.17, 15) is 4.79 Å². The van der Waals surface area contributed by atoms with Crippen molar-refractivity contribution in [3.8, 4) is 5.75 Å². The molecule has 24 heavy (non-hydrogen) atoms. The van der Waals surface area contributed by atoms with Gasteiger partial charge in [-0.25, -0.2) is 4.98 Å². The van der Waals surface area contributed by atoms with Gasteiger partial charge in [0.15, 0.2) is 0 Å². The average Bonchev–Trinajstić information content (AvgIpc) is 3.02. The smallest absolute Gasteiger partial charge is 0.228 e. The van der Waals surface area contributed by atoms with Crippen LogP contribution in [0.25, 0.3) is 0 Å². The molecule has 0 aliphatic rings. The number of benzene rings is 1. The second-order valence-electron chi connectivity index (χ2n) is 5.48. The Kier molecular flexibility index (Phi) is 7.53. The Morgan fingerprint density at radius 2 is 2.04 bits per heavy atom. The van der Waals surface area contributed by atoms with E-state index in [4.69, 9.17) is 16.3 Å². The third-order valence-corrected chi connectivity index (χ3v) is 4.75. The highest BCUT2D eigenvalue weighted by Crippen LogP contribution is 2.18. The van der Waals surface area contributed by atoms with Crippen molar-refractivity contribution in [2.75, 3.05) is 13.1 Å². The predicted molar refractivity (Wildman–Crippen MR) is 98.8 cm³/mol. The van der Waals surface area contributed by atoms with Gasteiger partial charge in [-0.15, -0.1) is 11.3 Å². The number of unbranched alkanes of at least 4 members (excludes halogenated alkanes) is 1. The third-order valence-electron chi connectivity index (χ3n) is 3.62. The highest BCUT2D eigenvalue weighted by Gasteiger charge is 2.14. The van der Waals surface area contributed by atoms with Crippen molar-refractivity contribution >= 4 is 28.8 Å². The predicted octanol–water partition coefficient (Wildman–Crippen LogP) is 4.57. The summed E-state index contributed by atoms with van der Waals surface area (Å²) in [7, 11) is 0. The van der Waals surface area contributed by atoms with Gasteiger partial charge in [0.25, 0.3) is 0 Å². The summed E-state index contributed by atoms with van der Waals surface area (Å²) in [6.07, 6.45) is 2.48. The van der Waals surface area contributed by atoms with Gasteiger partial charge in [0.1, 0.15) is 17.4 Å². The summed E-state index contributed by atoms with van der Waals surface area (Å²) in [5, 5.41) is 3.48. The SMILES string of the molecule is CCCCN(CC)C(=O)Cc1csc(COc2ccc(Cl)cc2)n1. The van der Waals surface area contributed by atoms with E-state index >= 15 is 0 Å². The van der Waals surface area contributed by atoms with Crippen LogP contribution in [0.15, 0.2) is 29.6 Å². The fourth-order valence-electron chi connectivity index (χ4n) is 2.25. The second kappa shape index (κ2) is 9.64. The van der Waals surface area contributed by atoms with E-state index < -0.39 is 0 Å². The van der Waals surface area contributed by atoms with Crippen LogP contribution in [0.2, 0.25) is 5.02 Å². The zero-order valence-electron chi connectivity index (χ0n) is 14.1. The molecule has 0 aliphatic heterocycles. The average molecular weight is 367 g/mol. The number of thiazole rings is 1. The highest BCUT2D eigenvalue weighted by molar-refractivity contribution is 7.09. The van der Waals surface area contributed by atoms with Crippen LogP contribution in [-0.4, -0.2) is 28.9 Å². The van der Waals surface area contributed by atoms with Gasteiger partial charge in [0.2, 0.25) is 5.91 Å². The normalized spacial score (nSPS) is 10.6. The second-order valence-corrected chi connectivity index (χ2v) is 6.86. The summed E-state index contributed by atoms with van der Waals surface area (Å²) in [6.45, 7) is 6.11. The number of carbonyl (C=O) groups is 1. The maximum atomic E-state index is 12.3. The van der Waals surface area contributed by atoms with E-state index in [0.717, 1.165) is 42.4 Å². The van der Waals surface area contributed by atoms with Crippen molar-refractivity contribution < 1.29 is 9.53 Å². The van der Waals surface area contributed by atoms with Crippen LogP contribution in [0, 0.1) is 0 Å². The van der Waals surface area contributed by atoms with E-state index in [1.807, 2.05) is 29.3 Å². The number of ether oxygens (including phenoxy) is 1. The number of nitrogens with zero attached hydrogens (tertiary/aromatic N) is 2. The zero-order chi connectivity index (χ0) is 17.4. The molecule has 4 nitrogen and oxygen atoms in total. The zero-order valence-corrected chi connectivity index (χ0v) is 15.7. The van der Waals surface area contributed by atoms with Gasteiger partial charge in [-0.05, 0) is 37.6 Å². The number of hydrogen-bond donors (Lipinski definition) is 0. The molecule has 0 unspecified atom stereocenters. The number of likely N-dealkylation sites (N-methyl/N-ethyl adjacent to an activating group) is 1. The quantitative estimate of drug-likeness (QED) is 0.653. The Hall–Kier alpha value is -1.59. The van der Waals surface area contributed by atoms with Crippen molar-refractivity contribution in [1.29, 1.82) is 0 Å². The number of halogens is 1. The Balaban J connectivity index is 1.85. The van der Waals surface area contributed by atoms with E-state index in [1.54, 1.807) is 12.1 Å². The number of hydrogen-bond acceptors (Lipinski definition) is 4. The molecular weight excluding hydrogens is 344 g/mol. The lowest BCUT2D eigenvalue weighted by molar-refractivity contribution is -0.130. The Morgan fingerprint density at radius 1 is 1.29 bits per heavy atom. The van der Waals surface area contributed by atoms with Crippen LogP contribution < -0.4 is 4.74 Å². The lowest BCUT2D eigenvalue weighted by Gasteiger charge is -2.20. The lowest BCUT2D eigenvalue weighted by Crippen LogP contribution is -2.33. The lowest BCUT2D eigenvalue weighted by atomic mass is 10.2. The minimum Gasteiger partial charge on any atom is -0.486 e. The summed E-state index contributed by atoms with van der Waals surface area (Å²) in [5.74, 6) is 0.894. The Labute approximate surface area is 152 Å². The molecule has 0 saturated carbocycles. The molecule has 0 saturated heterocycles. The molecule has 130 valence electrons. The largest absolute Gasteiger partial charge is 0.486 e.